The summed E-state index contributed by atoms with van der Waals surface area (Å²) in [6, 6.07) is 0. The number of hydrogen-bond donors (Lipinski definition) is 1. The first-order chi connectivity index (χ1) is 11.6. The Balaban J connectivity index is 2.11. The fourth-order valence-electron chi connectivity index (χ4n) is 3.14. The lowest BCUT2D eigenvalue weighted by atomic mass is 10.0. The second kappa shape index (κ2) is 9.37. The first-order valence-electron chi connectivity index (χ1n) is 7.81. The molecule has 0 aromatic carbocycles. The van der Waals surface area contributed by atoms with E-state index in [1.165, 1.54) is 14.2 Å². The molecule has 0 aromatic rings. The number of aliphatic hydroxyl groups is 1. The highest BCUT2D eigenvalue weighted by Gasteiger charge is 2.48. The van der Waals surface area contributed by atoms with Crippen LogP contribution >= 0.6 is 0 Å². The van der Waals surface area contributed by atoms with Crippen molar-refractivity contribution in [3.63, 3.8) is 0 Å². The molecule has 142 valence electrons. The summed E-state index contributed by atoms with van der Waals surface area (Å²) < 4.78 is 44.1. The summed E-state index contributed by atoms with van der Waals surface area (Å²) in [5.74, 6) is 0. The second-order valence-corrected chi connectivity index (χ2v) is 5.68. The van der Waals surface area contributed by atoms with Crippen LogP contribution in [-0.2, 0) is 37.9 Å². The van der Waals surface area contributed by atoms with Gasteiger partial charge < -0.3 is 43.0 Å². The fraction of sp³-hybridized carbons (Fsp3) is 1.00. The highest BCUT2D eigenvalue weighted by Crippen LogP contribution is 2.28. The summed E-state index contributed by atoms with van der Waals surface area (Å²) in [4.78, 5) is 0. The van der Waals surface area contributed by atoms with Crippen LogP contribution in [0.5, 0.6) is 0 Å². The molecule has 2 heterocycles. The fourth-order valence-corrected chi connectivity index (χ4v) is 3.14. The van der Waals surface area contributed by atoms with Gasteiger partial charge in [0.1, 0.15) is 36.6 Å². The molecule has 0 bridgehead atoms. The number of aliphatic hydroxyl groups excluding tert-OH is 1. The highest BCUT2D eigenvalue weighted by atomic mass is 16.7. The molecule has 0 aliphatic carbocycles. The zero-order valence-corrected chi connectivity index (χ0v) is 14.7. The number of rotatable bonds is 7. The maximum Gasteiger partial charge on any atom is 0.187 e. The van der Waals surface area contributed by atoms with Gasteiger partial charge in [-0.2, -0.15) is 0 Å². The van der Waals surface area contributed by atoms with Crippen LogP contribution in [0, 0.1) is 0 Å². The quantitative estimate of drug-likeness (QED) is 0.629. The van der Waals surface area contributed by atoms with E-state index in [2.05, 4.69) is 0 Å². The molecule has 2 saturated heterocycles. The molecule has 1 N–H and O–H groups in total. The van der Waals surface area contributed by atoms with E-state index in [0.29, 0.717) is 0 Å². The van der Waals surface area contributed by atoms with Gasteiger partial charge in [-0.15, -0.1) is 0 Å². The molecule has 9 nitrogen and oxygen atoms in total. The van der Waals surface area contributed by atoms with Gasteiger partial charge >= 0.3 is 0 Å². The van der Waals surface area contributed by atoms with Gasteiger partial charge in [-0.3, -0.25) is 0 Å². The van der Waals surface area contributed by atoms with Crippen LogP contribution < -0.4 is 0 Å². The maximum atomic E-state index is 10.2. The molecule has 0 saturated carbocycles. The predicted molar refractivity (Wildman–Crippen MR) is 80.6 cm³/mol. The van der Waals surface area contributed by atoms with Crippen molar-refractivity contribution in [1.82, 2.24) is 0 Å². The third kappa shape index (κ3) is 4.06. The van der Waals surface area contributed by atoms with Gasteiger partial charge in [-0.25, -0.2) is 0 Å². The van der Waals surface area contributed by atoms with Crippen LogP contribution in [0.2, 0.25) is 0 Å². The second-order valence-electron chi connectivity index (χ2n) is 5.68. The lowest BCUT2D eigenvalue weighted by Gasteiger charge is -2.44. The van der Waals surface area contributed by atoms with Gasteiger partial charge in [-0.1, -0.05) is 0 Å². The van der Waals surface area contributed by atoms with Crippen molar-refractivity contribution in [2.75, 3.05) is 48.8 Å². The highest BCUT2D eigenvalue weighted by molar-refractivity contribution is 4.90. The lowest BCUT2D eigenvalue weighted by Crippen LogP contribution is -2.61. The first-order valence-corrected chi connectivity index (χ1v) is 7.81. The van der Waals surface area contributed by atoms with E-state index in [9.17, 15) is 5.11 Å². The van der Waals surface area contributed by atoms with Crippen molar-refractivity contribution < 1.29 is 43.0 Å². The van der Waals surface area contributed by atoms with Crippen LogP contribution in [-0.4, -0.2) is 103 Å². The molecule has 2 rings (SSSR count). The topological polar surface area (TPSA) is 94.1 Å². The molecule has 24 heavy (non-hydrogen) atoms. The Morgan fingerprint density at radius 1 is 0.667 bits per heavy atom. The minimum Gasteiger partial charge on any atom is -0.376 e. The average Bonchev–Trinajstić information content (AvgIpc) is 2.62. The summed E-state index contributed by atoms with van der Waals surface area (Å²) in [7, 11) is 7.76. The number of hydrogen-bond acceptors (Lipinski definition) is 9. The normalized spacial score (nSPS) is 43.8. The SMILES string of the molecule is COC1COC(O)C(OC2OCC(OC)C(OC)C2OC)C1OC. The van der Waals surface area contributed by atoms with Gasteiger partial charge in [0, 0.05) is 35.5 Å². The Labute approximate surface area is 142 Å². The average molecular weight is 352 g/mol. The van der Waals surface area contributed by atoms with Crippen molar-refractivity contribution in [1.29, 1.82) is 0 Å². The van der Waals surface area contributed by atoms with Crippen molar-refractivity contribution in [2.45, 2.75) is 49.2 Å². The molecule has 9 heteroatoms. The first kappa shape index (κ1) is 20.0. The largest absolute Gasteiger partial charge is 0.376 e. The zero-order valence-electron chi connectivity index (χ0n) is 14.7. The van der Waals surface area contributed by atoms with Gasteiger partial charge in [0.25, 0.3) is 0 Å². The summed E-state index contributed by atoms with van der Waals surface area (Å²) in [6.45, 7) is 0.482. The van der Waals surface area contributed by atoms with Crippen LogP contribution in [0.15, 0.2) is 0 Å². The van der Waals surface area contributed by atoms with Crippen LogP contribution in [0.3, 0.4) is 0 Å². The molecule has 0 radical (unpaired) electrons. The van der Waals surface area contributed by atoms with E-state index in [-0.39, 0.29) is 31.5 Å². The standard InChI is InChI=1S/C15H28O9/c1-17-8-6-22-14(16)12(10(8)19-3)24-15-13(21-5)11(20-4)9(18-2)7-23-15/h8-16H,6-7H2,1-5H3. The molecule has 0 spiro atoms. The minimum absolute atomic E-state index is 0.210. The van der Waals surface area contributed by atoms with Crippen molar-refractivity contribution in [3.8, 4) is 0 Å². The van der Waals surface area contributed by atoms with E-state index in [1.807, 2.05) is 0 Å². The van der Waals surface area contributed by atoms with E-state index < -0.39 is 30.9 Å². The van der Waals surface area contributed by atoms with Crippen molar-refractivity contribution in [3.05, 3.63) is 0 Å². The smallest absolute Gasteiger partial charge is 0.187 e. The number of methoxy groups -OCH3 is 5. The Bertz CT molecular complexity index is 369. The van der Waals surface area contributed by atoms with Gasteiger partial charge in [0.2, 0.25) is 0 Å². The molecule has 8 atom stereocenters. The predicted octanol–water partition coefficient (Wildman–Crippen LogP) is -0.848. The lowest BCUT2D eigenvalue weighted by molar-refractivity contribution is -0.344. The van der Waals surface area contributed by atoms with Gasteiger partial charge in [0.05, 0.1) is 13.2 Å². The Hall–Kier alpha value is -0.360. The third-order valence-corrected chi connectivity index (χ3v) is 4.50. The molecule has 0 aromatic heterocycles. The number of ether oxygens (including phenoxy) is 8. The molecule has 2 aliphatic heterocycles. The van der Waals surface area contributed by atoms with Crippen LogP contribution in [0.4, 0.5) is 0 Å². The zero-order chi connectivity index (χ0) is 17.7. The Morgan fingerprint density at radius 3 is 1.67 bits per heavy atom. The van der Waals surface area contributed by atoms with Gasteiger partial charge in [-0.05, 0) is 0 Å². The summed E-state index contributed by atoms with van der Waals surface area (Å²) in [5.41, 5.74) is 0. The molecule has 8 unspecified atom stereocenters. The molecule has 0 amide bonds. The Morgan fingerprint density at radius 2 is 1.17 bits per heavy atom. The van der Waals surface area contributed by atoms with E-state index in [0.717, 1.165) is 0 Å². The van der Waals surface area contributed by atoms with Gasteiger partial charge in [0.15, 0.2) is 12.6 Å². The monoisotopic (exact) mass is 352 g/mol. The van der Waals surface area contributed by atoms with Crippen molar-refractivity contribution >= 4 is 0 Å². The van der Waals surface area contributed by atoms with E-state index >= 15 is 0 Å². The molecule has 2 aliphatic rings. The molecular weight excluding hydrogens is 324 g/mol. The molecule has 2 fully saturated rings. The summed E-state index contributed by atoms with van der Waals surface area (Å²) >= 11 is 0. The van der Waals surface area contributed by atoms with Crippen LogP contribution in [0.25, 0.3) is 0 Å². The van der Waals surface area contributed by atoms with E-state index in [1.54, 1.807) is 21.3 Å². The van der Waals surface area contributed by atoms with Crippen molar-refractivity contribution in [2.24, 2.45) is 0 Å². The van der Waals surface area contributed by atoms with E-state index in [4.69, 9.17) is 37.9 Å². The van der Waals surface area contributed by atoms with Crippen LogP contribution in [0.1, 0.15) is 0 Å². The maximum absolute atomic E-state index is 10.2. The Kier molecular flexibility index (Phi) is 7.79. The molecular formula is C15H28O9. The summed E-state index contributed by atoms with van der Waals surface area (Å²) in [6.07, 6.45) is -4.81. The summed E-state index contributed by atoms with van der Waals surface area (Å²) in [5, 5.41) is 10.2. The third-order valence-electron chi connectivity index (χ3n) is 4.50. The minimum atomic E-state index is -1.16.